The zero-order valence-corrected chi connectivity index (χ0v) is 15.8. The van der Waals surface area contributed by atoms with E-state index in [0.717, 1.165) is 18.8 Å². The second-order valence-corrected chi connectivity index (χ2v) is 6.59. The monoisotopic (exact) mass is 395 g/mol. The quantitative estimate of drug-likeness (QED) is 0.836. The molecule has 2 aromatic rings. The molecular weight excluding hydrogens is 377 g/mol. The average Bonchev–Trinajstić information content (AvgIpc) is 2.66. The first kappa shape index (κ1) is 18.8. The summed E-state index contributed by atoms with van der Waals surface area (Å²) in [4.78, 5) is 18.8. The minimum Gasteiger partial charge on any atom is -0.479 e. The number of aromatic nitrogens is 1. The highest BCUT2D eigenvalue weighted by Gasteiger charge is 2.18. The molecule has 26 heavy (non-hydrogen) atoms. The van der Waals surface area contributed by atoms with Gasteiger partial charge >= 0.3 is 0 Å². The fourth-order valence-electron chi connectivity index (χ4n) is 2.52. The van der Waals surface area contributed by atoms with Crippen LogP contribution in [0, 0.1) is 0 Å². The fraction of sp³-hybridized carbons (Fsp3) is 0.333. The molecule has 1 fully saturated rings. The molecule has 2 heterocycles. The van der Waals surface area contributed by atoms with Gasteiger partial charge in [0.25, 0.3) is 5.91 Å². The Morgan fingerprint density at radius 1 is 1.27 bits per heavy atom. The predicted molar refractivity (Wildman–Crippen MR) is 102 cm³/mol. The SMILES string of the molecule is C[C@H](Oc1cccc(Cl)c1Cl)C(=O)Nc1ccc(N2CCOCC2)cn1. The molecule has 1 aromatic carbocycles. The molecule has 0 unspecified atom stereocenters. The van der Waals surface area contributed by atoms with Crippen LogP contribution >= 0.6 is 23.2 Å². The number of benzene rings is 1. The molecule has 0 aliphatic carbocycles. The lowest BCUT2D eigenvalue weighted by atomic mass is 10.3. The molecule has 0 bridgehead atoms. The molecule has 138 valence electrons. The molecule has 6 nitrogen and oxygen atoms in total. The summed E-state index contributed by atoms with van der Waals surface area (Å²) in [5, 5.41) is 3.38. The van der Waals surface area contributed by atoms with Crippen molar-refractivity contribution in [3.05, 3.63) is 46.6 Å². The Morgan fingerprint density at radius 3 is 2.73 bits per heavy atom. The zero-order valence-electron chi connectivity index (χ0n) is 14.2. The molecule has 3 rings (SSSR count). The third-order valence-corrected chi connectivity index (χ3v) is 4.77. The largest absolute Gasteiger partial charge is 0.479 e. The first-order valence-electron chi connectivity index (χ1n) is 8.25. The number of rotatable bonds is 5. The molecular formula is C18H19Cl2N3O3. The van der Waals surface area contributed by atoms with Crippen molar-refractivity contribution in [3.63, 3.8) is 0 Å². The van der Waals surface area contributed by atoms with Crippen LogP contribution in [0.25, 0.3) is 0 Å². The number of nitrogens with zero attached hydrogens (tertiary/aromatic N) is 2. The van der Waals surface area contributed by atoms with Gasteiger partial charge in [-0.3, -0.25) is 4.79 Å². The van der Waals surface area contributed by atoms with Crippen molar-refractivity contribution in [1.29, 1.82) is 0 Å². The smallest absolute Gasteiger partial charge is 0.266 e. The summed E-state index contributed by atoms with van der Waals surface area (Å²) >= 11 is 12.0. The van der Waals surface area contributed by atoms with Gasteiger partial charge in [-0.1, -0.05) is 29.3 Å². The van der Waals surface area contributed by atoms with Gasteiger partial charge in [-0.25, -0.2) is 4.98 Å². The first-order valence-corrected chi connectivity index (χ1v) is 9.00. The van der Waals surface area contributed by atoms with E-state index in [9.17, 15) is 4.79 Å². The van der Waals surface area contributed by atoms with Crippen molar-refractivity contribution >= 4 is 40.6 Å². The molecule has 8 heteroatoms. The lowest BCUT2D eigenvalue weighted by Gasteiger charge is -2.28. The van der Waals surface area contributed by atoms with Crippen molar-refractivity contribution in [1.82, 2.24) is 4.98 Å². The van der Waals surface area contributed by atoms with Gasteiger partial charge in [-0.2, -0.15) is 0 Å². The summed E-state index contributed by atoms with van der Waals surface area (Å²) < 4.78 is 10.9. The molecule has 1 amide bonds. The maximum absolute atomic E-state index is 12.3. The van der Waals surface area contributed by atoms with Crippen LogP contribution in [-0.2, 0) is 9.53 Å². The van der Waals surface area contributed by atoms with E-state index in [1.807, 2.05) is 6.07 Å². The Morgan fingerprint density at radius 2 is 2.04 bits per heavy atom. The van der Waals surface area contributed by atoms with Crippen LogP contribution in [0.1, 0.15) is 6.92 Å². The standard InChI is InChI=1S/C18H19Cl2N3O3/c1-12(26-15-4-2-3-14(19)17(15)20)18(24)22-16-6-5-13(11-21-16)23-7-9-25-10-8-23/h2-6,11-12H,7-10H2,1H3,(H,21,22,24)/t12-/m0/s1. The average molecular weight is 396 g/mol. The number of anilines is 2. The Balaban J connectivity index is 1.59. The fourth-order valence-corrected chi connectivity index (χ4v) is 2.85. The number of amides is 1. The molecule has 1 saturated heterocycles. The van der Waals surface area contributed by atoms with E-state index in [4.69, 9.17) is 32.7 Å². The summed E-state index contributed by atoms with van der Waals surface area (Å²) in [6.07, 6.45) is 0.979. The minimum absolute atomic E-state index is 0.279. The summed E-state index contributed by atoms with van der Waals surface area (Å²) in [6, 6.07) is 8.71. The van der Waals surface area contributed by atoms with Crippen LogP contribution in [0.2, 0.25) is 10.0 Å². The third-order valence-electron chi connectivity index (χ3n) is 3.96. The number of carbonyl (C=O) groups is 1. The molecule has 1 atom stereocenters. The lowest BCUT2D eigenvalue weighted by Crippen LogP contribution is -2.36. The van der Waals surface area contributed by atoms with Gasteiger partial charge in [0.1, 0.15) is 16.6 Å². The Labute approximate surface area is 162 Å². The highest BCUT2D eigenvalue weighted by atomic mass is 35.5. The van der Waals surface area contributed by atoms with E-state index in [-0.39, 0.29) is 10.9 Å². The summed E-state index contributed by atoms with van der Waals surface area (Å²) in [5.74, 6) is 0.491. The van der Waals surface area contributed by atoms with Gasteiger partial charge in [0, 0.05) is 13.1 Å². The molecule has 0 spiro atoms. The second kappa shape index (κ2) is 8.58. The number of morpholine rings is 1. The maximum Gasteiger partial charge on any atom is 0.266 e. The van der Waals surface area contributed by atoms with E-state index in [2.05, 4.69) is 15.2 Å². The van der Waals surface area contributed by atoms with Crippen LogP contribution in [0.5, 0.6) is 5.75 Å². The van der Waals surface area contributed by atoms with Gasteiger partial charge in [-0.15, -0.1) is 0 Å². The van der Waals surface area contributed by atoms with Crippen molar-refractivity contribution < 1.29 is 14.3 Å². The topological polar surface area (TPSA) is 63.7 Å². The Hall–Kier alpha value is -2.02. The van der Waals surface area contributed by atoms with Gasteiger partial charge in [-0.05, 0) is 31.2 Å². The van der Waals surface area contributed by atoms with Crippen molar-refractivity contribution in [3.8, 4) is 5.75 Å². The number of ether oxygens (including phenoxy) is 2. The van der Waals surface area contributed by atoms with Crippen LogP contribution in [-0.4, -0.2) is 43.3 Å². The lowest BCUT2D eigenvalue weighted by molar-refractivity contribution is -0.122. The van der Waals surface area contributed by atoms with Crippen LogP contribution in [0.4, 0.5) is 11.5 Å². The van der Waals surface area contributed by atoms with E-state index in [1.54, 1.807) is 37.4 Å². The zero-order chi connectivity index (χ0) is 18.5. The number of halogens is 2. The van der Waals surface area contributed by atoms with Crippen molar-refractivity contribution in [2.75, 3.05) is 36.5 Å². The number of nitrogens with one attached hydrogen (secondary N) is 1. The van der Waals surface area contributed by atoms with Crippen molar-refractivity contribution in [2.45, 2.75) is 13.0 Å². The highest BCUT2D eigenvalue weighted by Crippen LogP contribution is 2.32. The number of hydrogen-bond donors (Lipinski definition) is 1. The van der Waals surface area contributed by atoms with Crippen molar-refractivity contribution in [2.24, 2.45) is 0 Å². The molecule has 1 aromatic heterocycles. The predicted octanol–water partition coefficient (Wildman–Crippen LogP) is 3.63. The van der Waals surface area contributed by atoms with Gasteiger partial charge in [0.15, 0.2) is 6.10 Å². The Bertz CT molecular complexity index is 765. The van der Waals surface area contributed by atoms with E-state index in [0.29, 0.717) is 29.8 Å². The number of hydrogen-bond acceptors (Lipinski definition) is 5. The van der Waals surface area contributed by atoms with E-state index < -0.39 is 6.10 Å². The van der Waals surface area contributed by atoms with Gasteiger partial charge < -0.3 is 19.7 Å². The number of pyridine rings is 1. The van der Waals surface area contributed by atoms with Crippen LogP contribution in [0.15, 0.2) is 36.5 Å². The highest BCUT2D eigenvalue weighted by molar-refractivity contribution is 6.42. The molecule has 0 radical (unpaired) electrons. The van der Waals surface area contributed by atoms with E-state index in [1.165, 1.54) is 0 Å². The first-order chi connectivity index (χ1) is 12.5. The molecule has 1 aliphatic rings. The van der Waals surface area contributed by atoms with E-state index >= 15 is 0 Å². The normalized spacial score (nSPS) is 15.4. The third kappa shape index (κ3) is 4.58. The van der Waals surface area contributed by atoms with Gasteiger partial charge in [0.2, 0.25) is 0 Å². The molecule has 1 aliphatic heterocycles. The molecule has 0 saturated carbocycles. The second-order valence-electron chi connectivity index (χ2n) is 5.80. The molecule has 1 N–H and O–H groups in total. The summed E-state index contributed by atoms with van der Waals surface area (Å²) in [7, 11) is 0. The summed E-state index contributed by atoms with van der Waals surface area (Å²) in [6.45, 7) is 4.71. The summed E-state index contributed by atoms with van der Waals surface area (Å²) in [5.41, 5.74) is 1.00. The van der Waals surface area contributed by atoms with Crippen LogP contribution < -0.4 is 15.0 Å². The minimum atomic E-state index is -0.758. The maximum atomic E-state index is 12.3. The Kier molecular flexibility index (Phi) is 6.19. The van der Waals surface area contributed by atoms with Crippen LogP contribution in [0.3, 0.4) is 0 Å². The van der Waals surface area contributed by atoms with Gasteiger partial charge in [0.05, 0.1) is 30.1 Å². The number of carbonyl (C=O) groups excluding carboxylic acids is 1.